The highest BCUT2D eigenvalue weighted by Crippen LogP contribution is 2.29. The predicted octanol–water partition coefficient (Wildman–Crippen LogP) is 3.23. The van der Waals surface area contributed by atoms with E-state index in [1.54, 1.807) is 0 Å². The molecule has 5 heteroatoms. The molecule has 2 atom stereocenters. The van der Waals surface area contributed by atoms with Crippen LogP contribution in [0.15, 0.2) is 30.3 Å². The van der Waals surface area contributed by atoms with Gasteiger partial charge in [0, 0.05) is 19.6 Å². The van der Waals surface area contributed by atoms with Gasteiger partial charge >= 0.3 is 6.18 Å². The number of benzene rings is 1. The summed E-state index contributed by atoms with van der Waals surface area (Å²) in [5.74, 6) is 0. The highest BCUT2D eigenvalue weighted by molar-refractivity contribution is 5.14. The third kappa shape index (κ3) is 3.94. The van der Waals surface area contributed by atoms with Gasteiger partial charge in [0.1, 0.15) is 0 Å². The second-order valence-electron chi connectivity index (χ2n) is 4.88. The number of nitrogens with zero attached hydrogens (tertiary/aromatic N) is 1. The second-order valence-corrected chi connectivity index (χ2v) is 4.88. The zero-order chi connectivity index (χ0) is 13.9. The van der Waals surface area contributed by atoms with Crippen LogP contribution >= 0.6 is 0 Å². The molecule has 19 heavy (non-hydrogen) atoms. The first-order valence-electron chi connectivity index (χ1n) is 6.47. The Morgan fingerprint density at radius 1 is 1.21 bits per heavy atom. The topological polar surface area (TPSA) is 12.5 Å². The van der Waals surface area contributed by atoms with Crippen molar-refractivity contribution in [3.63, 3.8) is 0 Å². The SMILES string of the molecule is CCC1CN(Cc2ccccc2)CC(C(F)(F)F)O1. The van der Waals surface area contributed by atoms with E-state index in [1.165, 1.54) is 0 Å². The monoisotopic (exact) mass is 273 g/mol. The van der Waals surface area contributed by atoms with E-state index in [0.29, 0.717) is 19.5 Å². The summed E-state index contributed by atoms with van der Waals surface area (Å²) >= 11 is 0. The van der Waals surface area contributed by atoms with E-state index in [1.807, 2.05) is 42.2 Å². The number of halogens is 3. The number of alkyl halides is 3. The zero-order valence-corrected chi connectivity index (χ0v) is 10.9. The fraction of sp³-hybridized carbons (Fsp3) is 0.571. The van der Waals surface area contributed by atoms with E-state index in [-0.39, 0.29) is 12.6 Å². The van der Waals surface area contributed by atoms with Gasteiger partial charge < -0.3 is 4.74 Å². The summed E-state index contributed by atoms with van der Waals surface area (Å²) in [4.78, 5) is 1.82. The van der Waals surface area contributed by atoms with Gasteiger partial charge in [0.2, 0.25) is 0 Å². The van der Waals surface area contributed by atoms with Crippen LogP contribution in [0.3, 0.4) is 0 Å². The van der Waals surface area contributed by atoms with Crippen LogP contribution in [0.5, 0.6) is 0 Å². The van der Waals surface area contributed by atoms with E-state index < -0.39 is 12.3 Å². The van der Waals surface area contributed by atoms with Crippen LogP contribution in [0.25, 0.3) is 0 Å². The van der Waals surface area contributed by atoms with Gasteiger partial charge in [-0.25, -0.2) is 0 Å². The summed E-state index contributed by atoms with van der Waals surface area (Å²) in [6, 6.07) is 9.55. The number of hydrogen-bond acceptors (Lipinski definition) is 2. The molecule has 106 valence electrons. The molecule has 1 aliphatic heterocycles. The van der Waals surface area contributed by atoms with E-state index in [2.05, 4.69) is 0 Å². The Labute approximate surface area is 111 Å². The molecule has 1 fully saturated rings. The lowest BCUT2D eigenvalue weighted by Gasteiger charge is -2.38. The van der Waals surface area contributed by atoms with E-state index in [9.17, 15) is 13.2 Å². The molecule has 2 unspecified atom stereocenters. The maximum Gasteiger partial charge on any atom is 0.415 e. The first-order chi connectivity index (χ1) is 8.99. The lowest BCUT2D eigenvalue weighted by Crippen LogP contribution is -2.52. The molecular weight excluding hydrogens is 255 g/mol. The first-order valence-corrected chi connectivity index (χ1v) is 6.47. The van der Waals surface area contributed by atoms with Gasteiger partial charge in [0.05, 0.1) is 6.10 Å². The predicted molar refractivity (Wildman–Crippen MR) is 66.7 cm³/mol. The Morgan fingerprint density at radius 2 is 1.89 bits per heavy atom. The van der Waals surface area contributed by atoms with Gasteiger partial charge in [-0.15, -0.1) is 0 Å². The van der Waals surface area contributed by atoms with Gasteiger partial charge in [0.25, 0.3) is 0 Å². The van der Waals surface area contributed by atoms with Crippen LogP contribution in [-0.2, 0) is 11.3 Å². The van der Waals surface area contributed by atoms with E-state index in [4.69, 9.17) is 4.74 Å². The molecule has 1 heterocycles. The highest BCUT2D eigenvalue weighted by atomic mass is 19.4. The largest absolute Gasteiger partial charge is 0.415 e. The van der Waals surface area contributed by atoms with Gasteiger partial charge in [-0.1, -0.05) is 37.3 Å². The Balaban J connectivity index is 2.03. The van der Waals surface area contributed by atoms with Crippen LogP contribution in [0, 0.1) is 0 Å². The van der Waals surface area contributed by atoms with Gasteiger partial charge in [0.15, 0.2) is 6.10 Å². The van der Waals surface area contributed by atoms with E-state index in [0.717, 1.165) is 5.56 Å². The summed E-state index contributed by atoms with van der Waals surface area (Å²) in [5.41, 5.74) is 1.03. The minimum absolute atomic E-state index is 0.0884. The lowest BCUT2D eigenvalue weighted by molar-refractivity contribution is -0.254. The number of morpholine rings is 1. The molecule has 0 saturated carbocycles. The van der Waals surface area contributed by atoms with Crippen molar-refractivity contribution in [3.05, 3.63) is 35.9 Å². The number of ether oxygens (including phenoxy) is 1. The molecule has 0 spiro atoms. The summed E-state index contributed by atoms with van der Waals surface area (Å²) in [7, 11) is 0. The molecule has 2 rings (SSSR count). The quantitative estimate of drug-likeness (QED) is 0.838. The molecule has 0 aromatic heterocycles. The van der Waals surface area contributed by atoms with Crippen LogP contribution < -0.4 is 0 Å². The maximum atomic E-state index is 12.8. The van der Waals surface area contributed by atoms with Crippen molar-refractivity contribution < 1.29 is 17.9 Å². The molecule has 0 bridgehead atoms. The Hall–Kier alpha value is -1.07. The smallest absolute Gasteiger partial charge is 0.363 e. The van der Waals surface area contributed by atoms with Crippen molar-refractivity contribution >= 4 is 0 Å². The summed E-state index contributed by atoms with van der Waals surface area (Å²) in [6.07, 6.45) is -5.71. The van der Waals surface area contributed by atoms with Crippen molar-refractivity contribution in [1.82, 2.24) is 4.90 Å². The fourth-order valence-corrected chi connectivity index (χ4v) is 2.29. The second kappa shape index (κ2) is 5.92. The molecular formula is C14H18F3NO. The van der Waals surface area contributed by atoms with E-state index >= 15 is 0 Å². The molecule has 0 aliphatic carbocycles. The Morgan fingerprint density at radius 3 is 2.47 bits per heavy atom. The van der Waals surface area contributed by atoms with Crippen LogP contribution in [0.1, 0.15) is 18.9 Å². The van der Waals surface area contributed by atoms with Crippen molar-refractivity contribution in [2.45, 2.75) is 38.3 Å². The average molecular weight is 273 g/mol. The molecule has 2 nitrogen and oxygen atoms in total. The highest BCUT2D eigenvalue weighted by Gasteiger charge is 2.45. The van der Waals surface area contributed by atoms with Gasteiger partial charge in [-0.2, -0.15) is 13.2 Å². The molecule has 1 aromatic carbocycles. The average Bonchev–Trinajstić information content (AvgIpc) is 2.38. The fourth-order valence-electron chi connectivity index (χ4n) is 2.29. The minimum Gasteiger partial charge on any atom is -0.363 e. The van der Waals surface area contributed by atoms with Gasteiger partial charge in [-0.05, 0) is 12.0 Å². The molecule has 0 radical (unpaired) electrons. The zero-order valence-electron chi connectivity index (χ0n) is 10.9. The number of hydrogen-bond donors (Lipinski definition) is 0. The van der Waals surface area contributed by atoms with Crippen molar-refractivity contribution in [2.75, 3.05) is 13.1 Å². The van der Waals surface area contributed by atoms with Crippen molar-refractivity contribution in [1.29, 1.82) is 0 Å². The van der Waals surface area contributed by atoms with Crippen LogP contribution in [-0.4, -0.2) is 36.4 Å². The maximum absolute atomic E-state index is 12.8. The Bertz CT molecular complexity index is 393. The summed E-state index contributed by atoms with van der Waals surface area (Å²) < 4.78 is 43.5. The first kappa shape index (κ1) is 14.3. The normalized spacial score (nSPS) is 25.5. The van der Waals surface area contributed by atoms with Crippen molar-refractivity contribution in [2.24, 2.45) is 0 Å². The summed E-state index contributed by atoms with van der Waals surface area (Å²) in [5, 5.41) is 0. The lowest BCUT2D eigenvalue weighted by atomic mass is 10.1. The van der Waals surface area contributed by atoms with Crippen molar-refractivity contribution in [3.8, 4) is 0 Å². The van der Waals surface area contributed by atoms with Gasteiger partial charge in [-0.3, -0.25) is 4.90 Å². The molecule has 0 amide bonds. The third-order valence-electron chi connectivity index (χ3n) is 3.31. The van der Waals surface area contributed by atoms with Crippen LogP contribution in [0.4, 0.5) is 13.2 Å². The van der Waals surface area contributed by atoms with Crippen LogP contribution in [0.2, 0.25) is 0 Å². The Kier molecular flexibility index (Phi) is 4.47. The molecule has 0 N–H and O–H groups in total. The number of rotatable bonds is 3. The molecule has 1 saturated heterocycles. The molecule has 1 aromatic rings. The summed E-state index contributed by atoms with van der Waals surface area (Å²) in [6.45, 7) is 2.85. The third-order valence-corrected chi connectivity index (χ3v) is 3.31. The minimum atomic E-state index is -4.29. The molecule has 1 aliphatic rings. The standard InChI is InChI=1S/C14H18F3NO/c1-2-12-9-18(8-11-6-4-3-5-7-11)10-13(19-12)14(15,16)17/h3-7,12-13H,2,8-10H2,1H3.